The van der Waals surface area contributed by atoms with Gasteiger partial charge in [-0.25, -0.2) is 9.97 Å². The molecule has 5 nitrogen and oxygen atoms in total. The Labute approximate surface area is 121 Å². The third kappa shape index (κ3) is 2.58. The SMILES string of the molecule is Cn1ncc2c(NCCc3cccc(Cl)c3)ncnc21. The molecule has 2 aromatic heterocycles. The Kier molecular flexibility index (Phi) is 3.52. The van der Waals surface area contributed by atoms with Crippen LogP contribution in [-0.4, -0.2) is 26.3 Å². The van der Waals surface area contributed by atoms with Crippen LogP contribution in [0.1, 0.15) is 5.56 Å². The number of anilines is 1. The minimum Gasteiger partial charge on any atom is -0.369 e. The van der Waals surface area contributed by atoms with Crippen molar-refractivity contribution in [2.45, 2.75) is 6.42 Å². The molecule has 1 N–H and O–H groups in total. The molecular formula is C14H14ClN5. The van der Waals surface area contributed by atoms with E-state index in [-0.39, 0.29) is 0 Å². The summed E-state index contributed by atoms with van der Waals surface area (Å²) >= 11 is 5.97. The van der Waals surface area contributed by atoms with Crippen molar-refractivity contribution in [3.05, 3.63) is 47.4 Å². The van der Waals surface area contributed by atoms with Gasteiger partial charge in [-0.1, -0.05) is 23.7 Å². The summed E-state index contributed by atoms with van der Waals surface area (Å²) in [6, 6.07) is 7.87. The van der Waals surface area contributed by atoms with Crippen LogP contribution in [0.4, 0.5) is 5.82 Å². The summed E-state index contributed by atoms with van der Waals surface area (Å²) in [6.45, 7) is 0.779. The van der Waals surface area contributed by atoms with Crippen LogP contribution in [0.25, 0.3) is 11.0 Å². The quantitative estimate of drug-likeness (QED) is 0.801. The number of hydrogen-bond acceptors (Lipinski definition) is 4. The molecule has 0 unspecified atom stereocenters. The molecule has 0 spiro atoms. The molecule has 3 aromatic rings. The van der Waals surface area contributed by atoms with Crippen LogP contribution >= 0.6 is 11.6 Å². The zero-order chi connectivity index (χ0) is 13.9. The lowest BCUT2D eigenvalue weighted by atomic mass is 10.1. The van der Waals surface area contributed by atoms with Gasteiger partial charge in [0.15, 0.2) is 5.65 Å². The van der Waals surface area contributed by atoms with Gasteiger partial charge in [-0.15, -0.1) is 0 Å². The predicted molar refractivity (Wildman–Crippen MR) is 79.9 cm³/mol. The van der Waals surface area contributed by atoms with Crippen LogP contribution in [0, 0.1) is 0 Å². The number of fused-ring (bicyclic) bond motifs is 1. The predicted octanol–water partition coefficient (Wildman–Crippen LogP) is 2.67. The van der Waals surface area contributed by atoms with E-state index in [0.717, 1.165) is 34.8 Å². The highest BCUT2D eigenvalue weighted by Crippen LogP contribution is 2.18. The highest BCUT2D eigenvalue weighted by molar-refractivity contribution is 6.30. The van der Waals surface area contributed by atoms with Gasteiger partial charge in [0.1, 0.15) is 12.1 Å². The van der Waals surface area contributed by atoms with Crippen LogP contribution in [0.3, 0.4) is 0 Å². The fraction of sp³-hybridized carbons (Fsp3) is 0.214. The van der Waals surface area contributed by atoms with Crippen molar-refractivity contribution in [3.8, 4) is 0 Å². The molecule has 102 valence electrons. The van der Waals surface area contributed by atoms with Gasteiger partial charge in [0.2, 0.25) is 0 Å². The van der Waals surface area contributed by atoms with Crippen LogP contribution in [0.15, 0.2) is 36.8 Å². The summed E-state index contributed by atoms with van der Waals surface area (Å²) in [5, 5.41) is 9.21. The van der Waals surface area contributed by atoms with Crippen LogP contribution in [-0.2, 0) is 13.5 Å². The van der Waals surface area contributed by atoms with Crippen LogP contribution < -0.4 is 5.32 Å². The maximum atomic E-state index is 5.97. The van der Waals surface area contributed by atoms with E-state index in [1.807, 2.05) is 25.2 Å². The van der Waals surface area contributed by atoms with Crippen molar-refractivity contribution in [1.29, 1.82) is 0 Å². The average molecular weight is 288 g/mol. The molecule has 2 heterocycles. The Morgan fingerprint density at radius 1 is 1.30 bits per heavy atom. The lowest BCUT2D eigenvalue weighted by Gasteiger charge is -2.06. The summed E-state index contributed by atoms with van der Waals surface area (Å²) in [5.74, 6) is 0.810. The van der Waals surface area contributed by atoms with E-state index in [0.29, 0.717) is 0 Å². The van der Waals surface area contributed by atoms with E-state index >= 15 is 0 Å². The number of nitrogens with zero attached hydrogens (tertiary/aromatic N) is 4. The van der Waals surface area contributed by atoms with E-state index in [1.54, 1.807) is 17.2 Å². The van der Waals surface area contributed by atoms with Gasteiger partial charge in [0.25, 0.3) is 0 Å². The zero-order valence-electron chi connectivity index (χ0n) is 11.0. The Morgan fingerprint density at radius 2 is 2.20 bits per heavy atom. The second kappa shape index (κ2) is 5.46. The van der Waals surface area contributed by atoms with Crippen molar-refractivity contribution >= 4 is 28.5 Å². The fourth-order valence-corrected chi connectivity index (χ4v) is 2.33. The summed E-state index contributed by atoms with van der Waals surface area (Å²) in [6.07, 6.45) is 4.20. The molecule has 0 aliphatic carbocycles. The Balaban J connectivity index is 1.71. The molecule has 0 atom stereocenters. The largest absolute Gasteiger partial charge is 0.369 e. The van der Waals surface area contributed by atoms with Crippen molar-refractivity contribution in [3.63, 3.8) is 0 Å². The molecule has 0 amide bonds. The van der Waals surface area contributed by atoms with Gasteiger partial charge in [-0.05, 0) is 24.1 Å². The molecule has 3 rings (SSSR count). The van der Waals surface area contributed by atoms with Gasteiger partial charge < -0.3 is 5.32 Å². The molecule has 0 fully saturated rings. The Bertz CT molecular complexity index is 737. The average Bonchev–Trinajstić information content (AvgIpc) is 2.82. The molecule has 0 aliphatic heterocycles. The smallest absolute Gasteiger partial charge is 0.163 e. The minimum atomic E-state index is 0.763. The molecule has 0 aliphatic rings. The van der Waals surface area contributed by atoms with Gasteiger partial charge in [0, 0.05) is 18.6 Å². The Morgan fingerprint density at radius 3 is 3.05 bits per heavy atom. The highest BCUT2D eigenvalue weighted by atomic mass is 35.5. The molecule has 0 bridgehead atoms. The molecule has 6 heteroatoms. The lowest BCUT2D eigenvalue weighted by molar-refractivity contribution is 0.785. The summed E-state index contributed by atoms with van der Waals surface area (Å²) in [4.78, 5) is 8.48. The molecule has 0 saturated carbocycles. The number of halogens is 1. The number of benzene rings is 1. The normalized spacial score (nSPS) is 10.9. The second-order valence-corrected chi connectivity index (χ2v) is 4.97. The Hall–Kier alpha value is -2.14. The summed E-state index contributed by atoms with van der Waals surface area (Å²) in [5.41, 5.74) is 2.02. The number of hydrogen-bond donors (Lipinski definition) is 1. The van der Waals surface area contributed by atoms with E-state index in [1.165, 1.54) is 5.56 Å². The third-order valence-corrected chi connectivity index (χ3v) is 3.36. The maximum Gasteiger partial charge on any atom is 0.163 e. The maximum absolute atomic E-state index is 5.97. The highest BCUT2D eigenvalue weighted by Gasteiger charge is 2.06. The molecule has 0 saturated heterocycles. The van der Waals surface area contributed by atoms with Gasteiger partial charge in [0.05, 0.1) is 11.6 Å². The fourth-order valence-electron chi connectivity index (χ4n) is 2.12. The monoisotopic (exact) mass is 287 g/mol. The van der Waals surface area contributed by atoms with Crippen molar-refractivity contribution < 1.29 is 0 Å². The first kappa shape index (κ1) is 12.9. The van der Waals surface area contributed by atoms with Crippen molar-refractivity contribution in [2.75, 3.05) is 11.9 Å². The number of aromatic nitrogens is 4. The lowest BCUT2D eigenvalue weighted by Crippen LogP contribution is -2.07. The van der Waals surface area contributed by atoms with E-state index in [9.17, 15) is 0 Å². The second-order valence-electron chi connectivity index (χ2n) is 4.53. The van der Waals surface area contributed by atoms with E-state index in [4.69, 9.17) is 11.6 Å². The minimum absolute atomic E-state index is 0.763. The zero-order valence-corrected chi connectivity index (χ0v) is 11.8. The first-order valence-corrected chi connectivity index (χ1v) is 6.73. The third-order valence-electron chi connectivity index (χ3n) is 3.12. The molecule has 0 radical (unpaired) electrons. The van der Waals surface area contributed by atoms with Gasteiger partial charge >= 0.3 is 0 Å². The number of rotatable bonds is 4. The van der Waals surface area contributed by atoms with E-state index < -0.39 is 0 Å². The first-order chi connectivity index (χ1) is 9.74. The van der Waals surface area contributed by atoms with Crippen LogP contribution in [0.5, 0.6) is 0 Å². The molecule has 20 heavy (non-hydrogen) atoms. The van der Waals surface area contributed by atoms with Gasteiger partial charge in [-0.2, -0.15) is 5.10 Å². The van der Waals surface area contributed by atoms with Crippen molar-refractivity contribution in [1.82, 2.24) is 19.7 Å². The number of aryl methyl sites for hydroxylation is 1. The summed E-state index contributed by atoms with van der Waals surface area (Å²) < 4.78 is 1.74. The topological polar surface area (TPSA) is 55.6 Å². The molecule has 1 aromatic carbocycles. The summed E-state index contributed by atoms with van der Waals surface area (Å²) in [7, 11) is 1.87. The van der Waals surface area contributed by atoms with Crippen LogP contribution in [0.2, 0.25) is 5.02 Å². The number of nitrogens with one attached hydrogen (secondary N) is 1. The van der Waals surface area contributed by atoms with Gasteiger partial charge in [-0.3, -0.25) is 4.68 Å². The first-order valence-electron chi connectivity index (χ1n) is 6.35. The van der Waals surface area contributed by atoms with Crippen molar-refractivity contribution in [2.24, 2.45) is 7.05 Å². The molecular weight excluding hydrogens is 274 g/mol. The van der Waals surface area contributed by atoms with E-state index in [2.05, 4.69) is 26.4 Å². The standard InChI is InChI=1S/C14H14ClN5/c1-20-14-12(8-19-20)13(17-9-18-14)16-6-5-10-3-2-4-11(15)7-10/h2-4,7-9H,5-6H2,1H3,(H,16,17,18).